The van der Waals surface area contributed by atoms with Crippen molar-refractivity contribution < 1.29 is 0 Å². The summed E-state index contributed by atoms with van der Waals surface area (Å²) in [5.41, 5.74) is 14.3. The second kappa shape index (κ2) is 14.6. The van der Waals surface area contributed by atoms with E-state index in [1.165, 1.54) is 70.7 Å². The van der Waals surface area contributed by atoms with Crippen LogP contribution in [0, 0.1) is 0 Å². The van der Waals surface area contributed by atoms with Gasteiger partial charge in [0, 0.05) is 65.6 Å². The number of nitrogens with zero attached hydrogens (tertiary/aromatic N) is 5. The topological polar surface area (TPSA) is 40.6 Å². The van der Waals surface area contributed by atoms with Crippen LogP contribution in [0.25, 0.3) is 138 Å². The van der Waals surface area contributed by atoms with E-state index in [1.807, 2.05) is 0 Å². The van der Waals surface area contributed by atoms with Crippen LogP contribution in [0.3, 0.4) is 0 Å². The van der Waals surface area contributed by atoms with Crippen LogP contribution in [0.1, 0.15) is 0 Å². The summed E-state index contributed by atoms with van der Waals surface area (Å²) in [5, 5.41) is 13.1. The summed E-state index contributed by atoms with van der Waals surface area (Å²) in [6, 6.07) is 85.6. The number of para-hydroxylation sites is 6. The molecule has 69 heavy (non-hydrogen) atoms. The van der Waals surface area contributed by atoms with Crippen molar-refractivity contribution in [1.82, 2.24) is 23.7 Å². The minimum Gasteiger partial charge on any atom is -0.309 e. The molecule has 0 unspecified atom stereocenters. The molecule has 0 saturated carbocycles. The van der Waals surface area contributed by atoms with E-state index in [1.54, 1.807) is 0 Å². The third-order valence-corrected chi connectivity index (χ3v) is 14.4. The Kier molecular flexibility index (Phi) is 8.00. The van der Waals surface area contributed by atoms with Crippen LogP contribution in [0.2, 0.25) is 0 Å². The monoisotopic (exact) mass is 877 g/mol. The van der Waals surface area contributed by atoms with Crippen LogP contribution in [0.4, 0.5) is 0 Å². The van der Waals surface area contributed by atoms with Gasteiger partial charge in [-0.15, -0.1) is 0 Å². The fourth-order valence-corrected chi connectivity index (χ4v) is 11.4. The Bertz CT molecular complexity index is 4560. The van der Waals surface area contributed by atoms with Crippen LogP contribution in [0.15, 0.2) is 237 Å². The molecule has 0 saturated heterocycles. The molecule has 0 aliphatic carbocycles. The van der Waals surface area contributed by atoms with Crippen molar-refractivity contribution in [3.63, 3.8) is 0 Å². The summed E-state index contributed by atoms with van der Waals surface area (Å²) in [5.74, 6) is 0.694. The lowest BCUT2D eigenvalue weighted by Gasteiger charge is -2.16. The lowest BCUT2D eigenvalue weighted by Crippen LogP contribution is -1.99. The van der Waals surface area contributed by atoms with Crippen molar-refractivity contribution in [2.75, 3.05) is 0 Å². The number of hydrogen-bond donors (Lipinski definition) is 0. The van der Waals surface area contributed by atoms with Gasteiger partial charge in [0.05, 0.1) is 50.0 Å². The van der Waals surface area contributed by atoms with Gasteiger partial charge in [0.15, 0.2) is 5.82 Å². The zero-order chi connectivity index (χ0) is 45.2. The van der Waals surface area contributed by atoms with Crippen LogP contribution >= 0.6 is 0 Å². The molecule has 5 heteroatoms. The predicted octanol–water partition coefficient (Wildman–Crippen LogP) is 16.6. The Morgan fingerprint density at radius 2 is 0.812 bits per heavy atom. The van der Waals surface area contributed by atoms with Crippen molar-refractivity contribution in [1.29, 1.82) is 0 Å². The Labute approximate surface area is 396 Å². The van der Waals surface area contributed by atoms with Gasteiger partial charge < -0.3 is 13.7 Å². The molecule has 0 aliphatic rings. The zero-order valence-corrected chi connectivity index (χ0v) is 37.3. The van der Waals surface area contributed by atoms with Gasteiger partial charge in [-0.3, -0.25) is 0 Å². The SMILES string of the molecule is c1ccc(-n2c3ccccc3c3ccc(-c4nc(-c5ccc(-n6c7ccccc7c7cc8cc(-n9c%10ccccc%10c%10ccccc%109)ccc8cc76)c6ccccc56)c5ccccc5n4)cc32)cc1. The standard InChI is InChI=1S/C64H39N5/c1-2-16-43(17-3-1)67-56-26-12-9-22-49(56)51-33-31-41(39-61(51)67)64-65-55-25-11-6-24-53(55)63(66-64)52-34-35-60(46-19-5-4-18-45(46)52)69-59-29-15-10-23-50(59)54-37-42-36-44(32-30-40(42)38-62(54)69)68-57-27-13-7-20-47(57)48-21-8-14-28-58(48)68/h1-39H. The first kappa shape index (κ1) is 37.9. The van der Waals surface area contributed by atoms with E-state index in [0.717, 1.165) is 61.1 Å². The van der Waals surface area contributed by atoms with Crippen molar-refractivity contribution in [2.24, 2.45) is 0 Å². The van der Waals surface area contributed by atoms with Crippen LogP contribution < -0.4 is 0 Å². The molecule has 320 valence electrons. The molecule has 4 heterocycles. The highest BCUT2D eigenvalue weighted by Gasteiger charge is 2.21. The summed E-state index contributed by atoms with van der Waals surface area (Å²) >= 11 is 0. The van der Waals surface area contributed by atoms with Crippen LogP contribution in [-0.2, 0) is 0 Å². The molecular formula is C64H39N5. The molecule has 15 aromatic rings. The maximum atomic E-state index is 5.51. The molecule has 0 radical (unpaired) electrons. The van der Waals surface area contributed by atoms with E-state index in [0.29, 0.717) is 5.82 Å². The number of fused-ring (bicyclic) bond motifs is 12. The average Bonchev–Trinajstić information content (AvgIpc) is 4.05. The molecule has 11 aromatic carbocycles. The highest BCUT2D eigenvalue weighted by molar-refractivity contribution is 6.16. The lowest BCUT2D eigenvalue weighted by atomic mass is 9.97. The van der Waals surface area contributed by atoms with E-state index >= 15 is 0 Å². The highest BCUT2D eigenvalue weighted by Crippen LogP contribution is 2.42. The fourth-order valence-electron chi connectivity index (χ4n) is 11.4. The first-order valence-electron chi connectivity index (χ1n) is 23.6. The number of hydrogen-bond acceptors (Lipinski definition) is 2. The van der Waals surface area contributed by atoms with Gasteiger partial charge in [0.25, 0.3) is 0 Å². The maximum Gasteiger partial charge on any atom is 0.160 e. The summed E-state index contributed by atoms with van der Waals surface area (Å²) in [6.07, 6.45) is 0. The molecule has 15 rings (SSSR count). The van der Waals surface area contributed by atoms with Gasteiger partial charge in [0.1, 0.15) is 0 Å². The average molecular weight is 878 g/mol. The first-order chi connectivity index (χ1) is 34.2. The smallest absolute Gasteiger partial charge is 0.160 e. The van der Waals surface area contributed by atoms with E-state index in [4.69, 9.17) is 9.97 Å². The summed E-state index contributed by atoms with van der Waals surface area (Å²) in [4.78, 5) is 10.8. The van der Waals surface area contributed by atoms with Crippen LogP contribution in [0.5, 0.6) is 0 Å². The van der Waals surface area contributed by atoms with Crippen molar-refractivity contribution >= 4 is 97.9 Å². The van der Waals surface area contributed by atoms with Gasteiger partial charge in [-0.05, 0) is 95.0 Å². The number of aromatic nitrogens is 5. The number of rotatable bonds is 5. The van der Waals surface area contributed by atoms with Gasteiger partial charge in [0.2, 0.25) is 0 Å². The van der Waals surface area contributed by atoms with Crippen LogP contribution in [-0.4, -0.2) is 23.7 Å². The normalized spacial score (nSPS) is 12.1. The molecule has 4 aromatic heterocycles. The second-order valence-corrected chi connectivity index (χ2v) is 18.1. The largest absolute Gasteiger partial charge is 0.309 e. The Morgan fingerprint density at radius 1 is 0.275 bits per heavy atom. The highest BCUT2D eigenvalue weighted by atomic mass is 15.0. The van der Waals surface area contributed by atoms with Gasteiger partial charge in [-0.25, -0.2) is 9.97 Å². The molecule has 0 fully saturated rings. The predicted molar refractivity (Wildman–Crippen MR) is 288 cm³/mol. The Balaban J connectivity index is 0.912. The summed E-state index contributed by atoms with van der Waals surface area (Å²) in [6.45, 7) is 0. The minimum absolute atomic E-state index is 0.694. The first-order valence-corrected chi connectivity index (χ1v) is 23.6. The molecular weight excluding hydrogens is 839 g/mol. The van der Waals surface area contributed by atoms with Gasteiger partial charge in [-0.1, -0.05) is 158 Å². The van der Waals surface area contributed by atoms with Gasteiger partial charge >= 0.3 is 0 Å². The van der Waals surface area contributed by atoms with Gasteiger partial charge in [-0.2, -0.15) is 0 Å². The number of benzene rings is 11. The molecule has 0 amide bonds. The molecule has 0 N–H and O–H groups in total. The molecule has 0 spiro atoms. The zero-order valence-electron chi connectivity index (χ0n) is 37.3. The molecule has 0 bridgehead atoms. The van der Waals surface area contributed by atoms with E-state index in [9.17, 15) is 0 Å². The lowest BCUT2D eigenvalue weighted by molar-refractivity contribution is 1.18. The fraction of sp³-hybridized carbons (Fsp3) is 0. The third-order valence-electron chi connectivity index (χ3n) is 14.4. The maximum absolute atomic E-state index is 5.51. The molecule has 5 nitrogen and oxygen atoms in total. The molecule has 0 atom stereocenters. The van der Waals surface area contributed by atoms with Crippen molar-refractivity contribution in [3.05, 3.63) is 237 Å². The Morgan fingerprint density at radius 3 is 1.51 bits per heavy atom. The summed E-state index contributed by atoms with van der Waals surface area (Å²) < 4.78 is 7.21. The third kappa shape index (κ3) is 5.59. The second-order valence-electron chi connectivity index (χ2n) is 18.1. The van der Waals surface area contributed by atoms with Crippen molar-refractivity contribution in [2.45, 2.75) is 0 Å². The summed E-state index contributed by atoms with van der Waals surface area (Å²) in [7, 11) is 0. The van der Waals surface area contributed by atoms with Crippen molar-refractivity contribution in [3.8, 4) is 39.7 Å². The Hall–Kier alpha value is -9.32. The van der Waals surface area contributed by atoms with E-state index in [2.05, 4.69) is 250 Å². The van der Waals surface area contributed by atoms with E-state index < -0.39 is 0 Å². The quantitative estimate of drug-likeness (QED) is 0.173. The molecule has 0 aliphatic heterocycles. The minimum atomic E-state index is 0.694. The van der Waals surface area contributed by atoms with E-state index in [-0.39, 0.29) is 0 Å².